The molecular formula is C32H63N3O6. The normalized spacial score (nSPS) is 13.2. The number of carbonyl (C=O) groups excluding carboxylic acids is 3. The zero-order valence-corrected chi connectivity index (χ0v) is 28.8. The molecule has 0 saturated heterocycles. The summed E-state index contributed by atoms with van der Waals surface area (Å²) in [6.07, 6.45) is 2.64. The lowest BCUT2D eigenvalue weighted by molar-refractivity contribution is -0.140. The maximum absolute atomic E-state index is 12.9. The van der Waals surface area contributed by atoms with Crippen molar-refractivity contribution in [1.29, 1.82) is 0 Å². The van der Waals surface area contributed by atoms with Crippen LogP contribution in [-0.2, 0) is 23.8 Å². The van der Waals surface area contributed by atoms with Gasteiger partial charge in [-0.25, -0.2) is 4.79 Å². The Morgan fingerprint density at radius 3 is 1.61 bits per heavy atom. The largest absolute Gasteiger partial charge is 0.444 e. The molecule has 0 aliphatic heterocycles. The molecule has 2 N–H and O–H groups in total. The van der Waals surface area contributed by atoms with Crippen molar-refractivity contribution in [2.75, 3.05) is 26.3 Å². The maximum Gasteiger partial charge on any atom is 0.407 e. The van der Waals surface area contributed by atoms with E-state index in [0.717, 1.165) is 6.42 Å². The smallest absolute Gasteiger partial charge is 0.407 e. The van der Waals surface area contributed by atoms with Crippen LogP contribution in [0.25, 0.3) is 0 Å². The number of amides is 3. The second-order valence-electron chi connectivity index (χ2n) is 14.8. The van der Waals surface area contributed by atoms with E-state index in [1.807, 2.05) is 88.0 Å². The van der Waals surface area contributed by atoms with Gasteiger partial charge in [0, 0.05) is 49.7 Å². The van der Waals surface area contributed by atoms with Crippen molar-refractivity contribution in [2.24, 2.45) is 5.41 Å². The van der Waals surface area contributed by atoms with Crippen LogP contribution >= 0.6 is 0 Å². The van der Waals surface area contributed by atoms with E-state index in [2.05, 4.69) is 24.5 Å². The highest BCUT2D eigenvalue weighted by Crippen LogP contribution is 2.26. The number of hydrogen-bond donors (Lipinski definition) is 2. The molecule has 0 spiro atoms. The van der Waals surface area contributed by atoms with Gasteiger partial charge in [0.25, 0.3) is 0 Å². The highest BCUT2D eigenvalue weighted by Gasteiger charge is 2.33. The molecule has 0 aliphatic rings. The van der Waals surface area contributed by atoms with Crippen molar-refractivity contribution in [3.05, 3.63) is 0 Å². The number of carbonyl (C=O) groups is 3. The monoisotopic (exact) mass is 585 g/mol. The van der Waals surface area contributed by atoms with Crippen molar-refractivity contribution in [1.82, 2.24) is 15.5 Å². The van der Waals surface area contributed by atoms with Gasteiger partial charge >= 0.3 is 6.09 Å². The summed E-state index contributed by atoms with van der Waals surface area (Å²) < 4.78 is 17.5. The van der Waals surface area contributed by atoms with Gasteiger partial charge in [-0.1, -0.05) is 20.8 Å². The summed E-state index contributed by atoms with van der Waals surface area (Å²) in [6.45, 7) is 29.4. The minimum Gasteiger partial charge on any atom is -0.444 e. The van der Waals surface area contributed by atoms with Gasteiger partial charge in [0.1, 0.15) is 5.60 Å². The Balaban J connectivity index is 4.55. The van der Waals surface area contributed by atoms with Crippen LogP contribution in [0, 0.1) is 5.41 Å². The fraction of sp³-hybridized carbons (Fsp3) is 0.906. The van der Waals surface area contributed by atoms with Crippen LogP contribution in [0.2, 0.25) is 0 Å². The van der Waals surface area contributed by atoms with Crippen molar-refractivity contribution >= 4 is 17.9 Å². The fourth-order valence-corrected chi connectivity index (χ4v) is 4.53. The van der Waals surface area contributed by atoms with E-state index in [1.54, 1.807) is 0 Å². The van der Waals surface area contributed by atoms with Gasteiger partial charge in [0.15, 0.2) is 0 Å². The summed E-state index contributed by atoms with van der Waals surface area (Å²) in [4.78, 5) is 39.2. The van der Waals surface area contributed by atoms with E-state index >= 15 is 0 Å². The average molecular weight is 586 g/mol. The lowest BCUT2D eigenvalue weighted by Gasteiger charge is -2.42. The van der Waals surface area contributed by atoms with Gasteiger partial charge in [-0.2, -0.15) is 0 Å². The van der Waals surface area contributed by atoms with Crippen molar-refractivity contribution < 1.29 is 28.6 Å². The van der Waals surface area contributed by atoms with E-state index in [-0.39, 0.29) is 23.4 Å². The van der Waals surface area contributed by atoms with Gasteiger partial charge in [-0.15, -0.1) is 0 Å². The highest BCUT2D eigenvalue weighted by molar-refractivity contribution is 5.81. The predicted octanol–water partition coefficient (Wildman–Crippen LogP) is 6.23. The molecule has 242 valence electrons. The average Bonchev–Trinajstić information content (AvgIpc) is 2.76. The molecule has 3 amide bonds. The molecule has 9 nitrogen and oxygen atoms in total. The van der Waals surface area contributed by atoms with Crippen LogP contribution in [0.3, 0.4) is 0 Å². The van der Waals surface area contributed by atoms with Crippen LogP contribution in [-0.4, -0.2) is 77.5 Å². The van der Waals surface area contributed by atoms with Gasteiger partial charge in [0.05, 0.1) is 11.2 Å². The minimum atomic E-state index is -0.591. The maximum atomic E-state index is 12.9. The first-order valence-corrected chi connectivity index (χ1v) is 15.3. The third-order valence-electron chi connectivity index (χ3n) is 7.19. The summed E-state index contributed by atoms with van der Waals surface area (Å²) in [5.74, 6) is 0.131. The summed E-state index contributed by atoms with van der Waals surface area (Å²) in [6, 6.07) is 0.127. The Labute approximate surface area is 251 Å². The lowest BCUT2D eigenvalue weighted by Crippen LogP contribution is -2.52. The summed E-state index contributed by atoms with van der Waals surface area (Å²) >= 11 is 0. The number of hydrogen-bond acceptors (Lipinski definition) is 6. The Morgan fingerprint density at radius 2 is 1.17 bits per heavy atom. The van der Waals surface area contributed by atoms with Crippen LogP contribution in [0.4, 0.5) is 4.79 Å². The third kappa shape index (κ3) is 16.4. The molecule has 0 saturated carbocycles. The highest BCUT2D eigenvalue weighted by atomic mass is 16.6. The number of ether oxygens (including phenoxy) is 3. The van der Waals surface area contributed by atoms with Crippen molar-refractivity contribution in [2.45, 2.75) is 157 Å². The molecule has 0 heterocycles. The molecule has 0 fully saturated rings. The molecule has 0 unspecified atom stereocenters. The molecule has 0 aliphatic carbocycles. The first-order valence-electron chi connectivity index (χ1n) is 15.3. The SMILES string of the molecule is CCC(=O)N(C(C)C)C(C)(C)CCOC(C)(C)CCNC(=O)C(C)(C)CCOC(C)(C)CCNC(=O)OC(C)(C)C. The Hall–Kier alpha value is -1.87. The van der Waals surface area contributed by atoms with Gasteiger partial charge in [0.2, 0.25) is 11.8 Å². The van der Waals surface area contributed by atoms with Crippen LogP contribution in [0.1, 0.15) is 129 Å². The molecule has 0 radical (unpaired) electrons. The van der Waals surface area contributed by atoms with E-state index in [0.29, 0.717) is 52.0 Å². The molecule has 9 heteroatoms. The summed E-state index contributed by atoms with van der Waals surface area (Å²) in [7, 11) is 0. The Bertz CT molecular complexity index is 828. The molecular weight excluding hydrogens is 522 g/mol. The van der Waals surface area contributed by atoms with E-state index in [9.17, 15) is 14.4 Å². The molecule has 0 bridgehead atoms. The van der Waals surface area contributed by atoms with Crippen LogP contribution in [0.5, 0.6) is 0 Å². The van der Waals surface area contributed by atoms with Crippen molar-refractivity contribution in [3.8, 4) is 0 Å². The quantitative estimate of drug-likeness (QED) is 0.198. The third-order valence-corrected chi connectivity index (χ3v) is 7.19. The van der Waals surface area contributed by atoms with E-state index < -0.39 is 28.3 Å². The number of alkyl carbamates (subject to hydrolysis) is 1. The van der Waals surface area contributed by atoms with E-state index in [1.165, 1.54) is 0 Å². The summed E-state index contributed by atoms with van der Waals surface area (Å²) in [5, 5.41) is 5.83. The van der Waals surface area contributed by atoms with E-state index in [4.69, 9.17) is 14.2 Å². The molecule has 0 aromatic heterocycles. The number of nitrogens with zero attached hydrogens (tertiary/aromatic N) is 1. The summed E-state index contributed by atoms with van der Waals surface area (Å²) in [5.41, 5.74) is -2.29. The minimum absolute atomic E-state index is 0.0203. The molecule has 41 heavy (non-hydrogen) atoms. The standard InChI is InChI=1S/C32H63N3O6/c1-15-25(36)35(24(2)3)30(9,10)19-23-40-31(11,12)16-20-33-26(37)29(7,8)18-22-39-32(13,14)17-21-34-27(38)41-28(4,5)6/h24H,15-23H2,1-14H3,(H,33,37)(H,34,38). The molecule has 0 aromatic rings. The first kappa shape index (κ1) is 39.1. The lowest BCUT2D eigenvalue weighted by atomic mass is 9.88. The molecule has 0 aromatic carbocycles. The van der Waals surface area contributed by atoms with Crippen LogP contribution in [0.15, 0.2) is 0 Å². The number of rotatable bonds is 18. The Kier molecular flexibility index (Phi) is 15.4. The van der Waals surface area contributed by atoms with Crippen molar-refractivity contribution in [3.63, 3.8) is 0 Å². The number of nitrogens with one attached hydrogen (secondary N) is 2. The predicted molar refractivity (Wildman–Crippen MR) is 166 cm³/mol. The van der Waals surface area contributed by atoms with Gasteiger partial charge in [-0.05, 0) is 102 Å². The molecule has 0 atom stereocenters. The zero-order chi connectivity index (χ0) is 32.3. The molecule has 0 rings (SSSR count). The van der Waals surface area contributed by atoms with Gasteiger partial charge in [-0.3, -0.25) is 9.59 Å². The van der Waals surface area contributed by atoms with Gasteiger partial charge < -0.3 is 29.7 Å². The zero-order valence-electron chi connectivity index (χ0n) is 28.8. The Morgan fingerprint density at radius 1 is 0.707 bits per heavy atom. The fourth-order valence-electron chi connectivity index (χ4n) is 4.53. The topological polar surface area (TPSA) is 106 Å². The second-order valence-corrected chi connectivity index (χ2v) is 14.8. The first-order chi connectivity index (χ1) is 18.4. The second kappa shape index (κ2) is 16.1. The van der Waals surface area contributed by atoms with Crippen LogP contribution < -0.4 is 10.6 Å².